The fraction of sp³-hybridized carbons (Fsp3) is 0.278. The maximum absolute atomic E-state index is 12.2. The van der Waals surface area contributed by atoms with Crippen molar-refractivity contribution in [3.8, 4) is 0 Å². The number of sulfone groups is 1. The zero-order valence-corrected chi connectivity index (χ0v) is 17.2. The number of esters is 1. The molecule has 1 aliphatic heterocycles. The Hall–Kier alpha value is -1.99. The van der Waals surface area contributed by atoms with Crippen LogP contribution in [0.5, 0.6) is 0 Å². The number of nitrogens with one attached hydrogen (secondary N) is 1. The molecule has 1 atom stereocenters. The third kappa shape index (κ3) is 5.54. The van der Waals surface area contributed by atoms with Crippen molar-refractivity contribution >= 4 is 26.8 Å². The molecule has 0 spiro atoms. The summed E-state index contributed by atoms with van der Waals surface area (Å²) in [4.78, 5) is 12.4. The van der Waals surface area contributed by atoms with Crippen molar-refractivity contribution in [2.45, 2.75) is 24.3 Å². The number of aliphatic hydroxyl groups is 1. The zero-order chi connectivity index (χ0) is 21.2. The molecule has 1 heterocycles. The van der Waals surface area contributed by atoms with Crippen molar-refractivity contribution in [1.29, 1.82) is 0 Å². The average Bonchev–Trinajstić information content (AvgIpc) is 2.91. The molecule has 1 fully saturated rings. The van der Waals surface area contributed by atoms with Gasteiger partial charge >= 0.3 is 5.97 Å². The van der Waals surface area contributed by atoms with Crippen molar-refractivity contribution in [3.63, 3.8) is 0 Å². The number of benzene rings is 2. The highest BCUT2D eigenvalue weighted by Crippen LogP contribution is 2.44. The number of carbonyl (C=O) groups is 1. The number of hydrogen-bond acceptors (Lipinski definition) is 9. The van der Waals surface area contributed by atoms with Gasteiger partial charge in [0.2, 0.25) is 0 Å². The van der Waals surface area contributed by atoms with Crippen LogP contribution in [0.2, 0.25) is 0 Å². The van der Waals surface area contributed by atoms with Crippen LogP contribution in [0.4, 0.5) is 0 Å². The molecular weight excluding hydrogens is 420 g/mol. The number of aliphatic hydroxyl groups excluding tert-OH is 1. The van der Waals surface area contributed by atoms with Gasteiger partial charge in [-0.1, -0.05) is 35.2 Å². The first kappa shape index (κ1) is 21.7. The molecule has 3 rings (SSSR count). The number of rotatable bonds is 6. The van der Waals surface area contributed by atoms with E-state index in [1.807, 2.05) is 0 Å². The van der Waals surface area contributed by atoms with Gasteiger partial charge in [0.15, 0.2) is 9.84 Å². The van der Waals surface area contributed by atoms with Crippen molar-refractivity contribution in [2.75, 3.05) is 12.8 Å². The van der Waals surface area contributed by atoms with E-state index in [1.165, 1.54) is 16.4 Å². The second-order valence-electron chi connectivity index (χ2n) is 6.67. The summed E-state index contributed by atoms with van der Waals surface area (Å²) in [5.74, 6) is -0.566. The second-order valence-corrected chi connectivity index (χ2v) is 10.5. The van der Waals surface area contributed by atoms with Gasteiger partial charge in [0, 0.05) is 12.8 Å². The topological polar surface area (TPSA) is 136 Å². The first-order valence-corrected chi connectivity index (χ1v) is 12.0. The predicted molar refractivity (Wildman–Crippen MR) is 108 cm³/mol. The van der Waals surface area contributed by atoms with Gasteiger partial charge in [-0.05, 0) is 35.4 Å². The van der Waals surface area contributed by atoms with Gasteiger partial charge in [-0.15, -0.1) is 0 Å². The molecule has 29 heavy (non-hydrogen) atoms. The first-order chi connectivity index (χ1) is 13.5. The summed E-state index contributed by atoms with van der Waals surface area (Å²) >= 11 is 0. The smallest absolute Gasteiger partial charge is 0.338 e. The molecule has 1 saturated heterocycles. The minimum Gasteiger partial charge on any atom is -0.457 e. The maximum atomic E-state index is 12.2. The molecule has 9 nitrogen and oxygen atoms in total. The molecular formula is C18H22N2O7S2. The Kier molecular flexibility index (Phi) is 6.29. The van der Waals surface area contributed by atoms with E-state index >= 15 is 0 Å². The molecule has 1 unspecified atom stereocenters. The molecule has 1 aliphatic rings. The van der Waals surface area contributed by atoms with Crippen LogP contribution in [0.1, 0.15) is 21.5 Å². The normalized spacial score (nSPS) is 20.3. The van der Waals surface area contributed by atoms with Crippen LogP contribution in [-0.2, 0) is 27.7 Å². The quantitative estimate of drug-likeness (QED) is 0.493. The van der Waals surface area contributed by atoms with Gasteiger partial charge in [0.25, 0.3) is 0 Å². The number of carbonyl (C=O) groups excluding carboxylic acids is 1. The van der Waals surface area contributed by atoms with E-state index in [2.05, 4.69) is 4.72 Å². The van der Waals surface area contributed by atoms with E-state index in [4.69, 9.17) is 4.74 Å². The molecule has 0 amide bonds. The molecule has 11 heteroatoms. The summed E-state index contributed by atoms with van der Waals surface area (Å²) in [5.41, 5.74) is 1.58. The third-order valence-corrected chi connectivity index (χ3v) is 6.97. The largest absolute Gasteiger partial charge is 0.457 e. The Labute approximate surface area is 170 Å². The standard InChI is InChI=1S/C18H22N2O7S2/c1-28(23,24)16-4-2-3-14(9-16)12-27-18(22)15-7-5-13(6-8-15)10-20-11-17(21)19-29(20,25)26/h2-9,17,19,21,25-26H,10-12H2,1H3. The van der Waals surface area contributed by atoms with Crippen LogP contribution in [0.3, 0.4) is 0 Å². The number of hydrogen-bond donors (Lipinski definition) is 4. The summed E-state index contributed by atoms with van der Waals surface area (Å²) in [7, 11) is -6.56. The summed E-state index contributed by atoms with van der Waals surface area (Å²) in [6.45, 7) is 0.181. The van der Waals surface area contributed by atoms with Crippen LogP contribution < -0.4 is 4.72 Å². The minimum absolute atomic E-state index is 0.0673. The maximum Gasteiger partial charge on any atom is 0.338 e. The van der Waals surface area contributed by atoms with E-state index in [0.29, 0.717) is 11.1 Å². The monoisotopic (exact) mass is 442 g/mol. The lowest BCUT2D eigenvalue weighted by molar-refractivity contribution is 0.0472. The second kappa shape index (κ2) is 8.40. The lowest BCUT2D eigenvalue weighted by Crippen LogP contribution is -2.25. The molecule has 4 N–H and O–H groups in total. The van der Waals surface area contributed by atoms with Gasteiger partial charge in [-0.25, -0.2) is 13.2 Å². The predicted octanol–water partition coefficient (Wildman–Crippen LogP) is 1.75. The molecule has 0 saturated carbocycles. The molecule has 158 valence electrons. The summed E-state index contributed by atoms with van der Waals surface area (Å²) in [6, 6.07) is 12.6. The number of β-amino-alcohol motifs (C(OH)–C–C–N with tert-alkyl or cyclic N) is 1. The van der Waals surface area contributed by atoms with Gasteiger partial charge in [0.05, 0.1) is 17.0 Å². The molecule has 0 radical (unpaired) electrons. The Bertz CT molecular complexity index is 994. The van der Waals surface area contributed by atoms with E-state index in [1.54, 1.807) is 36.4 Å². The van der Waals surface area contributed by atoms with Crippen LogP contribution in [0.25, 0.3) is 0 Å². The molecule has 0 bridgehead atoms. The van der Waals surface area contributed by atoms with Gasteiger partial charge in [0.1, 0.15) is 12.8 Å². The Morgan fingerprint density at radius 3 is 2.48 bits per heavy atom. The van der Waals surface area contributed by atoms with Crippen LogP contribution in [0, 0.1) is 0 Å². The van der Waals surface area contributed by atoms with Crippen molar-refractivity contribution < 1.29 is 32.2 Å². The average molecular weight is 443 g/mol. The van der Waals surface area contributed by atoms with Gasteiger partial charge < -0.3 is 9.84 Å². The van der Waals surface area contributed by atoms with Gasteiger partial charge in [-0.3, -0.25) is 9.11 Å². The number of nitrogens with zero attached hydrogens (tertiary/aromatic N) is 1. The zero-order valence-electron chi connectivity index (χ0n) is 15.6. The molecule has 0 aliphatic carbocycles. The summed E-state index contributed by atoms with van der Waals surface area (Å²) < 4.78 is 51.8. The Morgan fingerprint density at radius 1 is 1.21 bits per heavy atom. The van der Waals surface area contributed by atoms with E-state index in [9.17, 15) is 27.4 Å². The van der Waals surface area contributed by atoms with Crippen LogP contribution in [0.15, 0.2) is 53.4 Å². The lowest BCUT2D eigenvalue weighted by atomic mass is 10.1. The molecule has 0 aromatic heterocycles. The summed E-state index contributed by atoms with van der Waals surface area (Å²) in [5, 5.41) is 9.50. The van der Waals surface area contributed by atoms with Crippen molar-refractivity contribution in [2.24, 2.45) is 0 Å². The van der Waals surface area contributed by atoms with E-state index in [0.717, 1.165) is 11.8 Å². The van der Waals surface area contributed by atoms with Crippen LogP contribution >= 0.6 is 11.0 Å². The Balaban J connectivity index is 1.60. The molecule has 2 aromatic carbocycles. The van der Waals surface area contributed by atoms with Crippen molar-refractivity contribution in [3.05, 3.63) is 65.2 Å². The third-order valence-electron chi connectivity index (χ3n) is 4.28. The van der Waals surface area contributed by atoms with Crippen molar-refractivity contribution in [1.82, 2.24) is 9.03 Å². The minimum atomic E-state index is -3.34. The fourth-order valence-electron chi connectivity index (χ4n) is 2.79. The first-order valence-electron chi connectivity index (χ1n) is 8.58. The number of ether oxygens (including phenoxy) is 1. The van der Waals surface area contributed by atoms with Gasteiger partial charge in [-0.2, -0.15) is 9.03 Å². The van der Waals surface area contributed by atoms with E-state index < -0.39 is 33.0 Å². The lowest BCUT2D eigenvalue weighted by Gasteiger charge is -2.35. The highest BCUT2D eigenvalue weighted by Gasteiger charge is 2.34. The SMILES string of the molecule is CS(=O)(=O)c1cccc(COC(=O)c2ccc(CN3CC(O)NS3(O)O)cc2)c1. The van der Waals surface area contributed by atoms with E-state index in [-0.39, 0.29) is 24.6 Å². The van der Waals surface area contributed by atoms with Crippen LogP contribution in [-0.4, -0.2) is 51.9 Å². The fourth-order valence-corrected chi connectivity index (χ4v) is 4.75. The summed E-state index contributed by atoms with van der Waals surface area (Å²) in [6.07, 6.45) is 0.0907. The highest BCUT2D eigenvalue weighted by molar-refractivity contribution is 8.20. The molecule has 2 aromatic rings. The highest BCUT2D eigenvalue weighted by atomic mass is 32.3. The Morgan fingerprint density at radius 2 is 1.90 bits per heavy atom.